The third-order valence-corrected chi connectivity index (χ3v) is 6.27. The molecule has 7 heteroatoms. The maximum atomic E-state index is 12.4. The average molecular weight is 300 g/mol. The van der Waals surface area contributed by atoms with Gasteiger partial charge in [0.1, 0.15) is 10.3 Å². The molecule has 1 aromatic heterocycles. The number of rotatable bonds is 5. The van der Waals surface area contributed by atoms with Gasteiger partial charge >= 0.3 is 0 Å². The highest BCUT2D eigenvalue weighted by molar-refractivity contribution is 7.91. The fourth-order valence-corrected chi connectivity index (χ4v) is 4.88. The Morgan fingerprint density at radius 2 is 2.42 bits per heavy atom. The molecule has 1 aliphatic rings. The molecule has 1 aliphatic heterocycles. The summed E-state index contributed by atoms with van der Waals surface area (Å²) in [5, 5.41) is 4.38. The number of nitrogens with one attached hydrogen (secondary N) is 1. The van der Waals surface area contributed by atoms with Gasteiger partial charge in [-0.05, 0) is 24.3 Å². The van der Waals surface area contributed by atoms with E-state index in [2.05, 4.69) is 11.9 Å². The Labute approximate surface area is 117 Å². The number of carbonyl (C=O) groups is 1. The third-order valence-electron chi connectivity index (χ3n) is 2.99. The van der Waals surface area contributed by atoms with Crippen molar-refractivity contribution in [2.24, 2.45) is 0 Å². The molecule has 5 nitrogen and oxygen atoms in total. The van der Waals surface area contributed by atoms with Gasteiger partial charge in [0.2, 0.25) is 5.91 Å². The summed E-state index contributed by atoms with van der Waals surface area (Å²) in [6.45, 7) is 4.27. The van der Waals surface area contributed by atoms with Crippen molar-refractivity contribution in [3.8, 4) is 0 Å². The van der Waals surface area contributed by atoms with Crippen LogP contribution in [0.4, 0.5) is 0 Å². The zero-order valence-corrected chi connectivity index (χ0v) is 12.0. The van der Waals surface area contributed by atoms with E-state index < -0.39 is 16.1 Å². The van der Waals surface area contributed by atoms with Gasteiger partial charge in [-0.25, -0.2) is 8.42 Å². The molecule has 1 aromatic rings. The number of nitrogens with zero attached hydrogens (tertiary/aromatic N) is 1. The van der Waals surface area contributed by atoms with Gasteiger partial charge in [-0.2, -0.15) is 4.31 Å². The van der Waals surface area contributed by atoms with E-state index in [1.165, 1.54) is 15.6 Å². The first kappa shape index (κ1) is 14.2. The standard InChI is InChI=1S/C12H16N2O3S2/c1-2-7-13-12(15)10-5-3-8-14(10)19(16,17)11-6-4-9-18-11/h2,4,6,9-10H,1,3,5,7-8H2,(H,13,15). The van der Waals surface area contributed by atoms with Crippen LogP contribution in [0.5, 0.6) is 0 Å². The molecular formula is C12H16N2O3S2. The summed E-state index contributed by atoms with van der Waals surface area (Å²) < 4.78 is 26.4. The first-order valence-corrected chi connectivity index (χ1v) is 8.33. The lowest BCUT2D eigenvalue weighted by molar-refractivity contribution is -0.123. The molecule has 0 aromatic carbocycles. The van der Waals surface area contributed by atoms with Crippen molar-refractivity contribution in [3.63, 3.8) is 0 Å². The minimum absolute atomic E-state index is 0.252. The maximum Gasteiger partial charge on any atom is 0.253 e. The molecule has 1 saturated heterocycles. The number of thiophene rings is 1. The Hall–Kier alpha value is -1.18. The number of hydrogen-bond acceptors (Lipinski definition) is 4. The molecule has 1 N–H and O–H groups in total. The van der Waals surface area contributed by atoms with Crippen molar-refractivity contribution in [1.82, 2.24) is 9.62 Å². The monoisotopic (exact) mass is 300 g/mol. The SMILES string of the molecule is C=CCNC(=O)C1CCCN1S(=O)(=O)c1cccs1. The lowest BCUT2D eigenvalue weighted by Gasteiger charge is -2.22. The van der Waals surface area contributed by atoms with E-state index in [1.807, 2.05) is 0 Å². The van der Waals surface area contributed by atoms with Gasteiger partial charge in [0.25, 0.3) is 10.0 Å². The largest absolute Gasteiger partial charge is 0.351 e. The number of amides is 1. The van der Waals surface area contributed by atoms with Crippen LogP contribution in [-0.2, 0) is 14.8 Å². The van der Waals surface area contributed by atoms with Crippen molar-refractivity contribution in [3.05, 3.63) is 30.2 Å². The molecule has 0 radical (unpaired) electrons. The van der Waals surface area contributed by atoms with E-state index in [4.69, 9.17) is 0 Å². The fourth-order valence-electron chi connectivity index (χ4n) is 2.11. The molecule has 2 heterocycles. The average Bonchev–Trinajstić information content (AvgIpc) is 3.05. The van der Waals surface area contributed by atoms with Gasteiger partial charge in [0.15, 0.2) is 0 Å². The quantitative estimate of drug-likeness (QED) is 0.831. The fraction of sp³-hybridized carbons (Fsp3) is 0.417. The van der Waals surface area contributed by atoms with Gasteiger partial charge in [0.05, 0.1) is 0 Å². The summed E-state index contributed by atoms with van der Waals surface area (Å²) in [6.07, 6.45) is 2.84. The van der Waals surface area contributed by atoms with Crippen molar-refractivity contribution >= 4 is 27.3 Å². The Morgan fingerprint density at radius 3 is 3.05 bits per heavy atom. The molecule has 0 spiro atoms. The van der Waals surface area contributed by atoms with E-state index in [9.17, 15) is 13.2 Å². The Morgan fingerprint density at radius 1 is 1.63 bits per heavy atom. The van der Waals surface area contributed by atoms with Gasteiger partial charge in [-0.15, -0.1) is 17.9 Å². The molecule has 1 atom stereocenters. The van der Waals surface area contributed by atoms with Crippen LogP contribution in [0.2, 0.25) is 0 Å². The predicted molar refractivity (Wildman–Crippen MR) is 74.4 cm³/mol. The van der Waals surface area contributed by atoms with Gasteiger partial charge < -0.3 is 5.32 Å². The van der Waals surface area contributed by atoms with E-state index >= 15 is 0 Å². The summed E-state index contributed by atoms with van der Waals surface area (Å²) >= 11 is 1.17. The van der Waals surface area contributed by atoms with Gasteiger partial charge in [0, 0.05) is 13.1 Å². The Bertz CT molecular complexity index is 552. The van der Waals surface area contributed by atoms with Crippen LogP contribution in [0, 0.1) is 0 Å². The van der Waals surface area contributed by atoms with Crippen molar-refractivity contribution < 1.29 is 13.2 Å². The lowest BCUT2D eigenvalue weighted by atomic mass is 10.2. The van der Waals surface area contributed by atoms with E-state index in [0.717, 1.165) is 0 Å². The molecule has 0 aliphatic carbocycles. The van der Waals surface area contributed by atoms with E-state index in [-0.39, 0.29) is 10.1 Å². The highest BCUT2D eigenvalue weighted by Gasteiger charge is 2.39. The van der Waals surface area contributed by atoms with Gasteiger partial charge in [-0.3, -0.25) is 4.79 Å². The van der Waals surface area contributed by atoms with Crippen LogP contribution in [-0.4, -0.2) is 37.8 Å². The highest BCUT2D eigenvalue weighted by atomic mass is 32.2. The predicted octanol–water partition coefficient (Wildman–Crippen LogP) is 1.20. The van der Waals surface area contributed by atoms with E-state index in [0.29, 0.717) is 25.9 Å². The molecular weight excluding hydrogens is 284 g/mol. The van der Waals surface area contributed by atoms with Crippen LogP contribution >= 0.6 is 11.3 Å². The molecule has 0 bridgehead atoms. The third kappa shape index (κ3) is 2.88. The normalized spacial score (nSPS) is 20.3. The van der Waals surface area contributed by atoms with Crippen LogP contribution in [0.25, 0.3) is 0 Å². The molecule has 0 saturated carbocycles. The molecule has 19 heavy (non-hydrogen) atoms. The van der Waals surface area contributed by atoms with Crippen LogP contribution in [0.1, 0.15) is 12.8 Å². The summed E-state index contributed by atoms with van der Waals surface area (Å²) in [4.78, 5) is 12.0. The van der Waals surface area contributed by atoms with Crippen LogP contribution in [0.3, 0.4) is 0 Å². The summed E-state index contributed by atoms with van der Waals surface area (Å²) in [5.74, 6) is -0.252. The topological polar surface area (TPSA) is 66.5 Å². The van der Waals surface area contributed by atoms with Crippen molar-refractivity contribution in [2.75, 3.05) is 13.1 Å². The highest BCUT2D eigenvalue weighted by Crippen LogP contribution is 2.28. The summed E-state index contributed by atoms with van der Waals surface area (Å²) in [5.41, 5.74) is 0. The second kappa shape index (κ2) is 5.85. The Balaban J connectivity index is 2.19. The minimum atomic E-state index is -3.55. The second-order valence-corrected chi connectivity index (χ2v) is 7.30. The maximum absolute atomic E-state index is 12.4. The number of hydrogen-bond donors (Lipinski definition) is 1. The summed E-state index contributed by atoms with van der Waals surface area (Å²) in [7, 11) is -3.55. The first-order chi connectivity index (χ1) is 9.07. The number of sulfonamides is 1. The molecule has 2 rings (SSSR count). The van der Waals surface area contributed by atoms with Crippen LogP contribution in [0.15, 0.2) is 34.4 Å². The van der Waals surface area contributed by atoms with Crippen LogP contribution < -0.4 is 5.32 Å². The van der Waals surface area contributed by atoms with Crippen molar-refractivity contribution in [2.45, 2.75) is 23.1 Å². The lowest BCUT2D eigenvalue weighted by Crippen LogP contribution is -2.45. The first-order valence-electron chi connectivity index (χ1n) is 6.01. The molecule has 104 valence electrons. The smallest absolute Gasteiger partial charge is 0.253 e. The molecule has 1 amide bonds. The van der Waals surface area contributed by atoms with E-state index in [1.54, 1.807) is 23.6 Å². The Kier molecular flexibility index (Phi) is 4.38. The summed E-state index contributed by atoms with van der Waals surface area (Å²) in [6, 6.07) is 2.66. The zero-order chi connectivity index (χ0) is 13.9. The zero-order valence-electron chi connectivity index (χ0n) is 10.4. The van der Waals surface area contributed by atoms with Gasteiger partial charge in [-0.1, -0.05) is 12.1 Å². The molecule has 1 unspecified atom stereocenters. The minimum Gasteiger partial charge on any atom is -0.351 e. The van der Waals surface area contributed by atoms with Crippen molar-refractivity contribution in [1.29, 1.82) is 0 Å². The molecule has 1 fully saturated rings. The number of carbonyl (C=O) groups excluding carboxylic acids is 1. The second-order valence-electron chi connectivity index (χ2n) is 4.24.